The molecule has 5 nitrogen and oxygen atoms in total. The number of sulfonamides is 1. The Hall–Kier alpha value is -1.73. The lowest BCUT2D eigenvalue weighted by atomic mass is 10.2. The topological polar surface area (TPSA) is 53.5 Å². The number of hydrogen-bond acceptors (Lipinski definition) is 4. The van der Waals surface area contributed by atoms with E-state index in [9.17, 15) is 8.42 Å². The van der Waals surface area contributed by atoms with E-state index in [1.54, 1.807) is 36.5 Å². The van der Waals surface area contributed by atoms with E-state index in [0.29, 0.717) is 31.2 Å². The third-order valence-electron chi connectivity index (χ3n) is 4.11. The van der Waals surface area contributed by atoms with Gasteiger partial charge < -0.3 is 0 Å². The van der Waals surface area contributed by atoms with Gasteiger partial charge in [-0.05, 0) is 35.9 Å². The molecular weight excluding hydrogens is 358 g/mol. The number of piperazine rings is 1. The van der Waals surface area contributed by atoms with Crippen LogP contribution >= 0.6 is 11.6 Å². The van der Waals surface area contributed by atoms with Gasteiger partial charge in [0.15, 0.2) is 0 Å². The van der Waals surface area contributed by atoms with E-state index in [4.69, 9.17) is 11.6 Å². The predicted molar refractivity (Wildman–Crippen MR) is 100 cm³/mol. The van der Waals surface area contributed by atoms with Crippen molar-refractivity contribution in [2.45, 2.75) is 6.54 Å². The summed E-state index contributed by atoms with van der Waals surface area (Å²) in [6.45, 7) is 3.12. The second kappa shape index (κ2) is 8.10. The van der Waals surface area contributed by atoms with Crippen LogP contribution in [0.3, 0.4) is 0 Å². The summed E-state index contributed by atoms with van der Waals surface area (Å²) >= 11 is 5.84. The van der Waals surface area contributed by atoms with Crippen LogP contribution in [0, 0.1) is 0 Å². The summed E-state index contributed by atoms with van der Waals surface area (Å²) in [6.07, 6.45) is 3.38. The highest BCUT2D eigenvalue weighted by molar-refractivity contribution is 7.92. The monoisotopic (exact) mass is 377 g/mol. The molecule has 1 fully saturated rings. The van der Waals surface area contributed by atoms with Crippen molar-refractivity contribution in [3.05, 3.63) is 70.3 Å². The lowest BCUT2D eigenvalue weighted by Crippen LogP contribution is -2.47. The summed E-state index contributed by atoms with van der Waals surface area (Å²) in [4.78, 5) is 6.54. The van der Waals surface area contributed by atoms with Gasteiger partial charge in [0.1, 0.15) is 0 Å². The summed E-state index contributed by atoms with van der Waals surface area (Å²) in [5.41, 5.74) is 1.81. The molecule has 1 saturated heterocycles. The number of pyridine rings is 1. The fourth-order valence-electron chi connectivity index (χ4n) is 2.69. The summed E-state index contributed by atoms with van der Waals surface area (Å²) in [6, 6.07) is 12.9. The molecule has 1 aliphatic rings. The first-order chi connectivity index (χ1) is 12.0. The van der Waals surface area contributed by atoms with Crippen LogP contribution in [0.2, 0.25) is 5.02 Å². The molecule has 7 heteroatoms. The number of benzene rings is 1. The second-order valence-corrected chi connectivity index (χ2v) is 8.15. The Bertz CT molecular complexity index is 815. The SMILES string of the molecule is O=S(=O)(C=Cc1ccc(Cl)cc1)N1CCN(Cc2ccccn2)CC1. The molecule has 0 N–H and O–H groups in total. The van der Waals surface area contributed by atoms with Gasteiger partial charge in [0.25, 0.3) is 0 Å². The highest BCUT2D eigenvalue weighted by atomic mass is 35.5. The van der Waals surface area contributed by atoms with Gasteiger partial charge in [-0.25, -0.2) is 8.42 Å². The van der Waals surface area contributed by atoms with Crippen LogP contribution in [0.25, 0.3) is 6.08 Å². The summed E-state index contributed by atoms with van der Waals surface area (Å²) in [5.74, 6) is 0. The Morgan fingerprint density at radius 2 is 1.76 bits per heavy atom. The maximum absolute atomic E-state index is 12.5. The lowest BCUT2D eigenvalue weighted by Gasteiger charge is -2.33. The van der Waals surface area contributed by atoms with Gasteiger partial charge >= 0.3 is 0 Å². The molecule has 1 aromatic heterocycles. The van der Waals surface area contributed by atoms with Crippen molar-refractivity contribution in [2.75, 3.05) is 26.2 Å². The van der Waals surface area contributed by atoms with E-state index in [1.165, 1.54) is 9.71 Å². The largest absolute Gasteiger partial charge is 0.295 e. The maximum atomic E-state index is 12.5. The molecule has 0 aliphatic carbocycles. The number of aromatic nitrogens is 1. The van der Waals surface area contributed by atoms with Gasteiger partial charge in [-0.3, -0.25) is 9.88 Å². The lowest BCUT2D eigenvalue weighted by molar-refractivity contribution is 0.181. The molecule has 2 aromatic rings. The Kier molecular flexibility index (Phi) is 5.86. The second-order valence-electron chi connectivity index (χ2n) is 5.90. The average Bonchev–Trinajstić information content (AvgIpc) is 2.63. The molecule has 0 amide bonds. The van der Waals surface area contributed by atoms with Gasteiger partial charge in [0.05, 0.1) is 5.69 Å². The fourth-order valence-corrected chi connectivity index (χ4v) is 3.99. The summed E-state index contributed by atoms with van der Waals surface area (Å²) < 4.78 is 26.5. The van der Waals surface area contributed by atoms with Crippen molar-refractivity contribution in [3.8, 4) is 0 Å². The van der Waals surface area contributed by atoms with Gasteiger partial charge in [-0.15, -0.1) is 0 Å². The Balaban J connectivity index is 1.56. The molecular formula is C18H20ClN3O2S. The first kappa shape index (κ1) is 18.1. The van der Waals surface area contributed by atoms with Crippen LogP contribution in [0.4, 0.5) is 0 Å². The fraction of sp³-hybridized carbons (Fsp3) is 0.278. The van der Waals surface area contributed by atoms with Crippen molar-refractivity contribution >= 4 is 27.7 Å². The van der Waals surface area contributed by atoms with Crippen molar-refractivity contribution < 1.29 is 8.42 Å². The summed E-state index contributed by atoms with van der Waals surface area (Å²) in [7, 11) is -3.41. The van der Waals surface area contributed by atoms with Crippen LogP contribution in [0.15, 0.2) is 54.1 Å². The molecule has 0 atom stereocenters. The molecule has 0 spiro atoms. The van der Waals surface area contributed by atoms with E-state index in [2.05, 4.69) is 9.88 Å². The van der Waals surface area contributed by atoms with E-state index in [1.807, 2.05) is 18.2 Å². The normalized spacial score (nSPS) is 17.2. The highest BCUT2D eigenvalue weighted by Gasteiger charge is 2.25. The first-order valence-electron chi connectivity index (χ1n) is 8.09. The average molecular weight is 378 g/mol. The third-order valence-corrected chi connectivity index (χ3v) is 5.92. The van der Waals surface area contributed by atoms with Gasteiger partial charge in [0.2, 0.25) is 10.0 Å². The van der Waals surface area contributed by atoms with Crippen LogP contribution in [-0.4, -0.2) is 48.8 Å². The van der Waals surface area contributed by atoms with E-state index in [-0.39, 0.29) is 0 Å². The van der Waals surface area contributed by atoms with Crippen LogP contribution < -0.4 is 0 Å². The Labute approximate surface area is 153 Å². The Morgan fingerprint density at radius 1 is 1.04 bits per heavy atom. The molecule has 1 aliphatic heterocycles. The number of hydrogen-bond donors (Lipinski definition) is 0. The van der Waals surface area contributed by atoms with Crippen LogP contribution in [0.1, 0.15) is 11.3 Å². The molecule has 25 heavy (non-hydrogen) atoms. The van der Waals surface area contributed by atoms with E-state index in [0.717, 1.165) is 17.8 Å². The quantitative estimate of drug-likeness (QED) is 0.804. The summed E-state index contributed by atoms with van der Waals surface area (Å²) in [5, 5.41) is 1.90. The standard InChI is InChI=1S/C18H20ClN3O2S/c19-17-6-4-16(5-7-17)8-14-25(23,24)22-12-10-21(11-13-22)15-18-3-1-2-9-20-18/h1-9,14H,10-13,15H2. The minimum absolute atomic E-state index is 0.486. The zero-order valence-corrected chi connectivity index (χ0v) is 15.3. The van der Waals surface area contributed by atoms with Crippen LogP contribution in [0.5, 0.6) is 0 Å². The van der Waals surface area contributed by atoms with Gasteiger partial charge in [0, 0.05) is 49.4 Å². The van der Waals surface area contributed by atoms with E-state index < -0.39 is 10.0 Å². The van der Waals surface area contributed by atoms with Crippen molar-refractivity contribution in [1.29, 1.82) is 0 Å². The molecule has 1 aromatic carbocycles. The number of halogens is 1. The highest BCUT2D eigenvalue weighted by Crippen LogP contribution is 2.14. The number of nitrogens with zero attached hydrogens (tertiary/aromatic N) is 3. The smallest absolute Gasteiger partial charge is 0.236 e. The molecule has 3 rings (SSSR count). The van der Waals surface area contributed by atoms with Gasteiger partial charge in [-0.2, -0.15) is 4.31 Å². The van der Waals surface area contributed by atoms with Crippen molar-refractivity contribution in [3.63, 3.8) is 0 Å². The maximum Gasteiger partial charge on any atom is 0.236 e. The molecule has 2 heterocycles. The molecule has 0 radical (unpaired) electrons. The third kappa shape index (κ3) is 5.12. The zero-order valence-electron chi connectivity index (χ0n) is 13.8. The zero-order chi connectivity index (χ0) is 17.7. The predicted octanol–water partition coefficient (Wildman–Crippen LogP) is 2.85. The minimum Gasteiger partial charge on any atom is -0.295 e. The van der Waals surface area contributed by atoms with Crippen molar-refractivity contribution in [1.82, 2.24) is 14.2 Å². The molecule has 0 bridgehead atoms. The Morgan fingerprint density at radius 3 is 2.40 bits per heavy atom. The molecule has 0 unspecified atom stereocenters. The van der Waals surface area contributed by atoms with Crippen molar-refractivity contribution in [2.24, 2.45) is 0 Å². The first-order valence-corrected chi connectivity index (χ1v) is 9.97. The minimum atomic E-state index is -3.41. The number of rotatable bonds is 5. The van der Waals surface area contributed by atoms with Gasteiger partial charge in [-0.1, -0.05) is 29.8 Å². The molecule has 0 saturated carbocycles. The molecule has 132 valence electrons. The van der Waals surface area contributed by atoms with E-state index >= 15 is 0 Å². The van der Waals surface area contributed by atoms with Crippen LogP contribution in [-0.2, 0) is 16.6 Å².